The first-order valence-corrected chi connectivity index (χ1v) is 6.14. The summed E-state index contributed by atoms with van der Waals surface area (Å²) in [7, 11) is 1.81. The molecule has 6 heteroatoms. The number of nitrogen functional groups attached to an aromatic ring is 1. The van der Waals surface area contributed by atoms with Gasteiger partial charge in [-0.25, -0.2) is 4.98 Å². The molecule has 96 valence electrons. The Bertz CT molecular complexity index is 647. The van der Waals surface area contributed by atoms with Gasteiger partial charge in [0, 0.05) is 12.7 Å². The highest BCUT2D eigenvalue weighted by Gasteiger charge is 2.12. The van der Waals surface area contributed by atoms with Gasteiger partial charge in [-0.3, -0.25) is 0 Å². The van der Waals surface area contributed by atoms with Gasteiger partial charge in [0.05, 0.1) is 21.7 Å². The zero-order chi connectivity index (χ0) is 14.0. The molecule has 0 bridgehead atoms. The van der Waals surface area contributed by atoms with Crippen molar-refractivity contribution in [3.63, 3.8) is 0 Å². The Morgan fingerprint density at radius 3 is 2.42 bits per heavy atom. The number of pyridine rings is 1. The lowest BCUT2D eigenvalue weighted by atomic mass is 10.2. The van der Waals surface area contributed by atoms with E-state index < -0.39 is 0 Å². The minimum absolute atomic E-state index is 0.224. The topological polar surface area (TPSA) is 65.9 Å². The van der Waals surface area contributed by atoms with Crippen LogP contribution < -0.4 is 10.6 Å². The normalized spacial score (nSPS) is 10.0. The monoisotopic (exact) mass is 292 g/mol. The number of benzene rings is 1. The van der Waals surface area contributed by atoms with Gasteiger partial charge >= 0.3 is 0 Å². The van der Waals surface area contributed by atoms with E-state index in [9.17, 15) is 0 Å². The van der Waals surface area contributed by atoms with Gasteiger partial charge in [0.25, 0.3) is 0 Å². The highest BCUT2D eigenvalue weighted by atomic mass is 35.5. The van der Waals surface area contributed by atoms with Crippen molar-refractivity contribution >= 4 is 40.5 Å². The highest BCUT2D eigenvalue weighted by Crippen LogP contribution is 2.33. The van der Waals surface area contributed by atoms with Gasteiger partial charge in [0.1, 0.15) is 5.82 Å². The van der Waals surface area contributed by atoms with Crippen LogP contribution in [0.1, 0.15) is 5.56 Å². The van der Waals surface area contributed by atoms with E-state index in [1.807, 2.05) is 7.05 Å². The standard InChI is InChI=1S/C13H10Cl2N4/c1-19(9-4-2-8(7-16)3-5-9)13-11(15)6-10(14)12(17)18-13/h2-6H,1H3,(H2,17,18). The number of nitriles is 1. The Labute approximate surface area is 121 Å². The maximum Gasteiger partial charge on any atom is 0.154 e. The van der Waals surface area contributed by atoms with Crippen molar-refractivity contribution in [2.75, 3.05) is 17.7 Å². The lowest BCUT2D eigenvalue weighted by Gasteiger charge is -2.20. The molecule has 1 aromatic heterocycles. The molecule has 1 aromatic carbocycles. The van der Waals surface area contributed by atoms with Crippen LogP contribution in [0.15, 0.2) is 30.3 Å². The minimum Gasteiger partial charge on any atom is -0.382 e. The average Bonchev–Trinajstić information content (AvgIpc) is 2.42. The third-order valence-electron chi connectivity index (χ3n) is 2.64. The van der Waals surface area contributed by atoms with Crippen molar-refractivity contribution in [1.82, 2.24) is 4.98 Å². The Morgan fingerprint density at radius 1 is 1.21 bits per heavy atom. The van der Waals surface area contributed by atoms with Crippen molar-refractivity contribution in [1.29, 1.82) is 5.26 Å². The summed E-state index contributed by atoms with van der Waals surface area (Å²) in [6, 6.07) is 10.7. The first-order valence-electron chi connectivity index (χ1n) is 5.38. The molecule has 0 spiro atoms. The number of hydrogen-bond acceptors (Lipinski definition) is 4. The van der Waals surface area contributed by atoms with Gasteiger partial charge < -0.3 is 10.6 Å². The molecule has 0 aliphatic heterocycles. The van der Waals surface area contributed by atoms with E-state index in [4.69, 9.17) is 34.2 Å². The molecular weight excluding hydrogens is 283 g/mol. The van der Waals surface area contributed by atoms with Crippen LogP contribution in [0.3, 0.4) is 0 Å². The summed E-state index contributed by atoms with van der Waals surface area (Å²) >= 11 is 12.0. The Hall–Kier alpha value is -1.96. The number of rotatable bonds is 2. The van der Waals surface area contributed by atoms with Crippen LogP contribution in [0.5, 0.6) is 0 Å². The third kappa shape index (κ3) is 2.73. The minimum atomic E-state index is 0.224. The lowest BCUT2D eigenvalue weighted by molar-refractivity contribution is 1.13. The summed E-state index contributed by atoms with van der Waals surface area (Å²) < 4.78 is 0. The first-order chi connectivity index (χ1) is 9.02. The van der Waals surface area contributed by atoms with Crippen LogP contribution in [-0.4, -0.2) is 12.0 Å². The molecular formula is C13H10Cl2N4. The van der Waals surface area contributed by atoms with Crippen LogP contribution in [0, 0.1) is 11.3 Å². The molecule has 0 saturated carbocycles. The van der Waals surface area contributed by atoms with E-state index in [0.717, 1.165) is 5.69 Å². The largest absolute Gasteiger partial charge is 0.382 e. The van der Waals surface area contributed by atoms with Crippen molar-refractivity contribution in [2.45, 2.75) is 0 Å². The number of nitrogens with zero attached hydrogens (tertiary/aromatic N) is 3. The van der Waals surface area contributed by atoms with E-state index in [2.05, 4.69) is 11.1 Å². The van der Waals surface area contributed by atoms with E-state index in [0.29, 0.717) is 21.4 Å². The van der Waals surface area contributed by atoms with Crippen LogP contribution in [0.25, 0.3) is 0 Å². The molecule has 0 unspecified atom stereocenters. The molecule has 0 aliphatic carbocycles. The number of halogens is 2. The fraction of sp³-hybridized carbons (Fsp3) is 0.0769. The predicted octanol–water partition coefficient (Wildman–Crippen LogP) is 3.61. The summed E-state index contributed by atoms with van der Waals surface area (Å²) in [4.78, 5) is 5.94. The predicted molar refractivity (Wildman–Crippen MR) is 77.9 cm³/mol. The van der Waals surface area contributed by atoms with E-state index in [1.165, 1.54) is 0 Å². The van der Waals surface area contributed by atoms with Crippen LogP contribution in [0.4, 0.5) is 17.3 Å². The van der Waals surface area contributed by atoms with Crippen molar-refractivity contribution in [3.8, 4) is 6.07 Å². The van der Waals surface area contributed by atoms with Gasteiger partial charge in [-0.2, -0.15) is 5.26 Å². The second-order valence-corrected chi connectivity index (χ2v) is 4.69. The molecule has 19 heavy (non-hydrogen) atoms. The van der Waals surface area contributed by atoms with Gasteiger partial charge in [-0.1, -0.05) is 23.2 Å². The van der Waals surface area contributed by atoms with Crippen LogP contribution in [-0.2, 0) is 0 Å². The summed E-state index contributed by atoms with van der Waals surface area (Å²) in [6.07, 6.45) is 0. The fourth-order valence-electron chi connectivity index (χ4n) is 1.59. The van der Waals surface area contributed by atoms with Crippen molar-refractivity contribution in [2.24, 2.45) is 0 Å². The molecule has 0 fully saturated rings. The zero-order valence-corrected chi connectivity index (χ0v) is 11.6. The Balaban J connectivity index is 2.41. The molecule has 1 heterocycles. The quantitative estimate of drug-likeness (QED) is 0.918. The van der Waals surface area contributed by atoms with Crippen LogP contribution in [0.2, 0.25) is 10.0 Å². The Kier molecular flexibility index (Phi) is 3.79. The summed E-state index contributed by atoms with van der Waals surface area (Å²) in [5, 5.41) is 9.50. The maximum atomic E-state index is 8.77. The van der Waals surface area contributed by atoms with Crippen molar-refractivity contribution in [3.05, 3.63) is 45.9 Å². The molecule has 2 rings (SSSR count). The van der Waals surface area contributed by atoms with Gasteiger partial charge in [-0.15, -0.1) is 0 Å². The molecule has 2 N–H and O–H groups in total. The molecule has 0 aliphatic rings. The molecule has 2 aromatic rings. The molecule has 0 saturated heterocycles. The number of anilines is 3. The summed E-state index contributed by atoms with van der Waals surface area (Å²) in [6.45, 7) is 0. The number of aromatic nitrogens is 1. The van der Waals surface area contributed by atoms with E-state index in [-0.39, 0.29) is 5.82 Å². The van der Waals surface area contributed by atoms with Gasteiger partial charge in [0.15, 0.2) is 5.82 Å². The first kappa shape index (κ1) is 13.5. The zero-order valence-electron chi connectivity index (χ0n) is 10.1. The van der Waals surface area contributed by atoms with Gasteiger partial charge in [-0.05, 0) is 30.3 Å². The molecule has 4 nitrogen and oxygen atoms in total. The fourth-order valence-corrected chi connectivity index (χ4v) is 2.07. The highest BCUT2D eigenvalue weighted by molar-refractivity contribution is 6.37. The smallest absolute Gasteiger partial charge is 0.154 e. The average molecular weight is 293 g/mol. The number of hydrogen-bond donors (Lipinski definition) is 1. The van der Waals surface area contributed by atoms with Crippen LogP contribution >= 0.6 is 23.2 Å². The molecule has 0 amide bonds. The lowest BCUT2D eigenvalue weighted by Crippen LogP contribution is -2.12. The van der Waals surface area contributed by atoms with Crippen molar-refractivity contribution < 1.29 is 0 Å². The molecule has 0 atom stereocenters. The second-order valence-electron chi connectivity index (χ2n) is 3.88. The molecule has 0 radical (unpaired) electrons. The SMILES string of the molecule is CN(c1ccc(C#N)cc1)c1nc(N)c(Cl)cc1Cl. The maximum absolute atomic E-state index is 8.77. The third-order valence-corrected chi connectivity index (χ3v) is 3.22. The number of nitrogens with two attached hydrogens (primary N) is 1. The van der Waals surface area contributed by atoms with E-state index >= 15 is 0 Å². The summed E-state index contributed by atoms with van der Waals surface area (Å²) in [5.74, 6) is 0.731. The van der Waals surface area contributed by atoms with Gasteiger partial charge in [0.2, 0.25) is 0 Å². The summed E-state index contributed by atoms with van der Waals surface area (Å²) in [5.41, 5.74) is 7.11. The Morgan fingerprint density at radius 2 is 1.84 bits per heavy atom. The second kappa shape index (κ2) is 5.35. The van der Waals surface area contributed by atoms with E-state index in [1.54, 1.807) is 35.2 Å².